The number of carbonyl (C=O) groups excluding carboxylic acids is 1. The molecule has 2 rings (SSSR count). The van der Waals surface area contributed by atoms with Gasteiger partial charge in [0.1, 0.15) is 0 Å². The molecule has 0 bridgehead atoms. The fourth-order valence-corrected chi connectivity index (χ4v) is 2.65. The molecule has 0 aromatic carbocycles. The number of nitrogens with zero attached hydrogens (tertiary/aromatic N) is 2. The highest BCUT2D eigenvalue weighted by atomic mass is 79.9. The van der Waals surface area contributed by atoms with Crippen LogP contribution in [0.5, 0.6) is 0 Å². The van der Waals surface area contributed by atoms with Crippen molar-refractivity contribution in [3.8, 4) is 0 Å². The summed E-state index contributed by atoms with van der Waals surface area (Å²) in [6.45, 7) is 0.500. The highest BCUT2D eigenvalue weighted by Gasteiger charge is 2.09. The Morgan fingerprint density at radius 3 is 3.07 bits per heavy atom. The van der Waals surface area contributed by atoms with Crippen molar-refractivity contribution in [1.82, 2.24) is 14.9 Å². The normalized spacial score (nSPS) is 10.2. The van der Waals surface area contributed by atoms with E-state index in [0.717, 1.165) is 9.35 Å². The molecule has 1 N–H and O–H groups in total. The van der Waals surface area contributed by atoms with Crippen LogP contribution in [0.4, 0.5) is 0 Å². The van der Waals surface area contributed by atoms with Crippen LogP contribution in [-0.2, 0) is 6.54 Å². The van der Waals surface area contributed by atoms with Gasteiger partial charge in [-0.05, 0) is 44.5 Å². The molecule has 2 aromatic rings. The maximum absolute atomic E-state index is 11.5. The van der Waals surface area contributed by atoms with Gasteiger partial charge in [-0.1, -0.05) is 4.49 Å². The van der Waals surface area contributed by atoms with Crippen LogP contribution >= 0.6 is 38.8 Å². The van der Waals surface area contributed by atoms with Crippen LogP contribution in [0, 0.1) is 0 Å². The number of rotatable bonds is 3. The summed E-state index contributed by atoms with van der Waals surface area (Å²) in [5, 5.41) is 10.0. The minimum atomic E-state index is -0.193. The second-order valence-electron chi connectivity index (χ2n) is 2.69. The lowest BCUT2D eigenvalue weighted by Crippen LogP contribution is -2.23. The lowest BCUT2D eigenvalue weighted by molar-refractivity contribution is 0.0946. The van der Waals surface area contributed by atoms with Crippen LogP contribution < -0.4 is 5.32 Å². The van der Waals surface area contributed by atoms with Gasteiger partial charge in [-0.15, -0.1) is 16.4 Å². The summed E-state index contributed by atoms with van der Waals surface area (Å²) in [6.07, 6.45) is 0. The van der Waals surface area contributed by atoms with E-state index >= 15 is 0 Å². The van der Waals surface area contributed by atoms with E-state index in [1.807, 2.05) is 11.4 Å². The molecular weight excluding hydrogens is 298 g/mol. The van der Waals surface area contributed by atoms with Crippen molar-refractivity contribution in [2.75, 3.05) is 0 Å². The highest BCUT2D eigenvalue weighted by Crippen LogP contribution is 2.22. The van der Waals surface area contributed by atoms with Gasteiger partial charge >= 0.3 is 0 Å². The third-order valence-electron chi connectivity index (χ3n) is 1.73. The van der Waals surface area contributed by atoms with E-state index in [2.05, 4.69) is 30.8 Å². The number of halogens is 1. The molecule has 0 atom stereocenters. The first-order valence-corrected chi connectivity index (χ1v) is 6.55. The zero-order valence-electron chi connectivity index (χ0n) is 7.44. The van der Waals surface area contributed by atoms with Crippen LogP contribution in [-0.4, -0.2) is 15.5 Å². The molecule has 2 heterocycles. The molecule has 15 heavy (non-hydrogen) atoms. The number of nitrogens with one attached hydrogen (secondary N) is 1. The molecule has 0 aliphatic heterocycles. The van der Waals surface area contributed by atoms with E-state index in [-0.39, 0.29) is 5.91 Å². The highest BCUT2D eigenvalue weighted by molar-refractivity contribution is 9.11. The molecule has 2 aromatic heterocycles. The van der Waals surface area contributed by atoms with Crippen LogP contribution in [0.1, 0.15) is 16.1 Å². The molecular formula is C8H6BrN3OS2. The summed E-state index contributed by atoms with van der Waals surface area (Å²) in [5.41, 5.74) is 1.43. The summed E-state index contributed by atoms with van der Waals surface area (Å²) in [6, 6.07) is 1.97. The second kappa shape index (κ2) is 4.82. The van der Waals surface area contributed by atoms with Crippen LogP contribution in [0.2, 0.25) is 0 Å². The van der Waals surface area contributed by atoms with Crippen LogP contribution in [0.25, 0.3) is 0 Å². The standard InChI is InChI=1S/C8H6BrN3OS2/c9-7-5(1-2-14-7)3-10-8(13)6-4-15-12-11-6/h1-2,4H,3H2,(H,10,13). The summed E-state index contributed by atoms with van der Waals surface area (Å²) in [7, 11) is 0. The molecule has 0 radical (unpaired) electrons. The summed E-state index contributed by atoms with van der Waals surface area (Å²) >= 11 is 6.16. The van der Waals surface area contributed by atoms with Crippen molar-refractivity contribution in [3.63, 3.8) is 0 Å². The average Bonchev–Trinajstić information content (AvgIpc) is 2.85. The molecule has 4 nitrogen and oxygen atoms in total. The van der Waals surface area contributed by atoms with Crippen molar-refractivity contribution in [2.45, 2.75) is 6.54 Å². The van der Waals surface area contributed by atoms with E-state index in [4.69, 9.17) is 0 Å². The Labute approximate surface area is 103 Å². The smallest absolute Gasteiger partial charge is 0.273 e. The molecule has 0 spiro atoms. The van der Waals surface area contributed by atoms with Gasteiger partial charge in [-0.25, -0.2) is 0 Å². The van der Waals surface area contributed by atoms with Gasteiger partial charge in [0.25, 0.3) is 5.91 Å². The quantitative estimate of drug-likeness (QED) is 0.946. The first-order chi connectivity index (χ1) is 7.27. The Bertz CT molecular complexity index is 454. The van der Waals surface area contributed by atoms with Gasteiger partial charge in [0.15, 0.2) is 5.69 Å². The van der Waals surface area contributed by atoms with Gasteiger partial charge in [0.2, 0.25) is 0 Å². The summed E-state index contributed by atoms with van der Waals surface area (Å²) in [4.78, 5) is 11.5. The minimum Gasteiger partial charge on any atom is -0.346 e. The number of thiophene rings is 1. The Morgan fingerprint density at radius 1 is 1.60 bits per heavy atom. The minimum absolute atomic E-state index is 0.193. The molecule has 7 heteroatoms. The molecule has 0 aliphatic carbocycles. The number of amides is 1. The van der Waals surface area contributed by atoms with Gasteiger partial charge in [-0.3, -0.25) is 4.79 Å². The number of aromatic nitrogens is 2. The predicted octanol–water partition coefficient (Wildman–Crippen LogP) is 2.29. The van der Waals surface area contributed by atoms with Crippen molar-refractivity contribution in [2.24, 2.45) is 0 Å². The first-order valence-electron chi connectivity index (χ1n) is 4.04. The Balaban J connectivity index is 1.95. The monoisotopic (exact) mass is 303 g/mol. The average molecular weight is 304 g/mol. The van der Waals surface area contributed by atoms with E-state index in [0.29, 0.717) is 12.2 Å². The third kappa shape index (κ3) is 2.61. The van der Waals surface area contributed by atoms with Gasteiger partial charge < -0.3 is 5.32 Å². The van der Waals surface area contributed by atoms with E-state index in [1.165, 1.54) is 11.5 Å². The number of hydrogen-bond acceptors (Lipinski definition) is 5. The zero-order valence-corrected chi connectivity index (χ0v) is 10.7. The van der Waals surface area contributed by atoms with Gasteiger partial charge in [0.05, 0.1) is 3.79 Å². The van der Waals surface area contributed by atoms with Crippen LogP contribution in [0.15, 0.2) is 20.6 Å². The molecule has 78 valence electrons. The van der Waals surface area contributed by atoms with E-state index < -0.39 is 0 Å². The fraction of sp³-hybridized carbons (Fsp3) is 0.125. The van der Waals surface area contributed by atoms with Crippen molar-refractivity contribution >= 4 is 44.7 Å². The lowest BCUT2D eigenvalue weighted by atomic mass is 10.3. The first kappa shape index (κ1) is 10.7. The molecule has 1 amide bonds. The molecule has 0 unspecified atom stereocenters. The maximum Gasteiger partial charge on any atom is 0.273 e. The number of carbonyl (C=O) groups is 1. The van der Waals surface area contributed by atoms with Crippen molar-refractivity contribution in [1.29, 1.82) is 0 Å². The fourth-order valence-electron chi connectivity index (χ4n) is 0.975. The molecule has 0 saturated carbocycles. The predicted molar refractivity (Wildman–Crippen MR) is 63.1 cm³/mol. The van der Waals surface area contributed by atoms with E-state index in [9.17, 15) is 4.79 Å². The second-order valence-corrected chi connectivity index (χ2v) is 5.54. The van der Waals surface area contributed by atoms with Gasteiger partial charge in [0, 0.05) is 11.9 Å². The molecule has 0 fully saturated rings. The van der Waals surface area contributed by atoms with Crippen molar-refractivity contribution in [3.05, 3.63) is 31.9 Å². The van der Waals surface area contributed by atoms with Gasteiger partial charge in [-0.2, -0.15) is 0 Å². The van der Waals surface area contributed by atoms with Crippen molar-refractivity contribution < 1.29 is 4.79 Å². The SMILES string of the molecule is O=C(NCc1ccsc1Br)c1csnn1. The summed E-state index contributed by atoms with van der Waals surface area (Å²) < 4.78 is 4.67. The largest absolute Gasteiger partial charge is 0.346 e. The van der Waals surface area contributed by atoms with Crippen LogP contribution in [0.3, 0.4) is 0 Å². The maximum atomic E-state index is 11.5. The lowest BCUT2D eigenvalue weighted by Gasteiger charge is -2.00. The molecule has 0 saturated heterocycles. The Kier molecular flexibility index (Phi) is 3.45. The summed E-state index contributed by atoms with van der Waals surface area (Å²) in [5.74, 6) is -0.193. The number of hydrogen-bond donors (Lipinski definition) is 1. The third-order valence-corrected chi connectivity index (χ3v) is 4.04. The topological polar surface area (TPSA) is 54.9 Å². The van der Waals surface area contributed by atoms with E-state index in [1.54, 1.807) is 16.7 Å². The Hall–Kier alpha value is -0.790. The Morgan fingerprint density at radius 2 is 2.47 bits per heavy atom. The zero-order chi connectivity index (χ0) is 10.7. The molecule has 0 aliphatic rings.